The smallest absolute Gasteiger partial charge is 0.315 e. The van der Waals surface area contributed by atoms with Gasteiger partial charge in [0.15, 0.2) is 0 Å². The molecule has 0 aromatic heterocycles. The number of fused-ring (bicyclic) bond motifs is 3. The molecule has 0 radical (unpaired) electrons. The van der Waals surface area contributed by atoms with Gasteiger partial charge in [-0.15, -0.1) is 0 Å². The number of aliphatic carboxylic acids is 1. The Morgan fingerprint density at radius 2 is 1.52 bits per heavy atom. The second kappa shape index (κ2) is 9.22. The van der Waals surface area contributed by atoms with Crippen LogP contribution in [0.1, 0.15) is 34.9 Å². The molecule has 33 heavy (non-hydrogen) atoms. The molecule has 0 bridgehead atoms. The SMILES string of the molecule is N[C@@H](CC(=O)O)C(C(=O)OCC1c2ccccc2-c2ccccc21)c1ccc([N+](=O)[O-])cc1. The lowest BCUT2D eigenvalue weighted by Crippen LogP contribution is -2.37. The summed E-state index contributed by atoms with van der Waals surface area (Å²) in [6.45, 7) is 0.0656. The van der Waals surface area contributed by atoms with Crippen LogP contribution in [-0.2, 0) is 14.3 Å². The van der Waals surface area contributed by atoms with Crippen molar-refractivity contribution in [1.82, 2.24) is 0 Å². The fourth-order valence-corrected chi connectivity index (χ4v) is 4.38. The van der Waals surface area contributed by atoms with Crippen LogP contribution in [0, 0.1) is 10.1 Å². The molecular formula is C25H22N2O6. The molecule has 0 spiro atoms. The van der Waals surface area contributed by atoms with Crippen LogP contribution in [0.4, 0.5) is 5.69 Å². The Labute approximate surface area is 189 Å². The topological polar surface area (TPSA) is 133 Å². The lowest BCUT2D eigenvalue weighted by molar-refractivity contribution is -0.384. The van der Waals surface area contributed by atoms with E-state index < -0.39 is 35.2 Å². The minimum atomic E-state index is -1.15. The summed E-state index contributed by atoms with van der Waals surface area (Å²) in [5, 5.41) is 20.1. The van der Waals surface area contributed by atoms with Crippen LogP contribution in [-0.4, -0.2) is 34.6 Å². The minimum Gasteiger partial charge on any atom is -0.481 e. The van der Waals surface area contributed by atoms with Crippen molar-refractivity contribution < 1.29 is 24.4 Å². The van der Waals surface area contributed by atoms with E-state index in [0.29, 0.717) is 5.56 Å². The van der Waals surface area contributed by atoms with E-state index in [2.05, 4.69) is 0 Å². The average Bonchev–Trinajstić information content (AvgIpc) is 3.11. The van der Waals surface area contributed by atoms with Crippen LogP contribution in [0.5, 0.6) is 0 Å². The third kappa shape index (κ3) is 4.47. The number of carbonyl (C=O) groups excluding carboxylic acids is 1. The predicted molar refractivity (Wildman–Crippen MR) is 121 cm³/mol. The summed E-state index contributed by atoms with van der Waals surface area (Å²) in [6.07, 6.45) is -0.453. The number of esters is 1. The highest BCUT2D eigenvalue weighted by atomic mass is 16.6. The number of ether oxygens (including phenoxy) is 1. The maximum atomic E-state index is 13.1. The van der Waals surface area contributed by atoms with Crippen molar-refractivity contribution in [3.63, 3.8) is 0 Å². The molecule has 4 rings (SSSR count). The number of hydrogen-bond donors (Lipinski definition) is 2. The zero-order valence-electron chi connectivity index (χ0n) is 17.6. The fourth-order valence-electron chi connectivity index (χ4n) is 4.38. The van der Waals surface area contributed by atoms with Crippen LogP contribution in [0.15, 0.2) is 72.8 Å². The Bertz CT molecular complexity index is 1160. The van der Waals surface area contributed by atoms with Crippen LogP contribution in [0.25, 0.3) is 11.1 Å². The van der Waals surface area contributed by atoms with Gasteiger partial charge in [0, 0.05) is 24.1 Å². The molecular weight excluding hydrogens is 424 g/mol. The second-order valence-electron chi connectivity index (χ2n) is 7.95. The molecule has 2 atom stereocenters. The molecule has 1 aliphatic rings. The summed E-state index contributed by atoms with van der Waals surface area (Å²) in [7, 11) is 0. The first-order valence-corrected chi connectivity index (χ1v) is 10.4. The number of carboxylic acids is 1. The number of nitro benzene ring substituents is 1. The monoisotopic (exact) mass is 446 g/mol. The summed E-state index contributed by atoms with van der Waals surface area (Å²) in [5.41, 5.74) is 10.6. The molecule has 3 aromatic rings. The highest BCUT2D eigenvalue weighted by Crippen LogP contribution is 2.44. The molecule has 1 unspecified atom stereocenters. The van der Waals surface area contributed by atoms with Gasteiger partial charge in [-0.1, -0.05) is 60.7 Å². The summed E-state index contributed by atoms with van der Waals surface area (Å²) < 4.78 is 5.69. The van der Waals surface area contributed by atoms with E-state index in [-0.39, 0.29) is 18.2 Å². The van der Waals surface area contributed by atoms with E-state index in [1.54, 1.807) is 0 Å². The minimum absolute atomic E-state index is 0.0656. The summed E-state index contributed by atoms with van der Waals surface area (Å²) >= 11 is 0. The van der Waals surface area contributed by atoms with E-state index in [4.69, 9.17) is 10.5 Å². The van der Waals surface area contributed by atoms with Crippen molar-refractivity contribution in [2.24, 2.45) is 5.73 Å². The Morgan fingerprint density at radius 3 is 2.03 bits per heavy atom. The van der Waals surface area contributed by atoms with Gasteiger partial charge in [0.05, 0.1) is 17.3 Å². The number of rotatable bonds is 8. The van der Waals surface area contributed by atoms with Gasteiger partial charge in [-0.25, -0.2) is 0 Å². The van der Waals surface area contributed by atoms with Gasteiger partial charge in [-0.05, 0) is 27.8 Å². The standard InChI is InChI=1S/C25H22N2O6/c26-22(13-23(28)29)24(15-9-11-16(12-10-15)27(31)32)25(30)33-14-21-19-7-3-1-5-17(19)18-6-2-4-8-20(18)21/h1-12,21-22,24H,13-14,26H2,(H,28,29)/t22-,24?/m0/s1. The van der Waals surface area contributed by atoms with Crippen molar-refractivity contribution in [2.45, 2.75) is 24.3 Å². The lowest BCUT2D eigenvalue weighted by Gasteiger charge is -2.23. The quantitative estimate of drug-likeness (QED) is 0.305. The maximum Gasteiger partial charge on any atom is 0.315 e. The van der Waals surface area contributed by atoms with Crippen molar-refractivity contribution in [2.75, 3.05) is 6.61 Å². The van der Waals surface area contributed by atoms with Gasteiger partial charge in [-0.2, -0.15) is 0 Å². The molecule has 3 N–H and O–H groups in total. The Kier molecular flexibility index (Phi) is 6.19. The molecule has 1 aliphatic carbocycles. The van der Waals surface area contributed by atoms with Gasteiger partial charge in [-0.3, -0.25) is 19.7 Å². The Hall–Kier alpha value is -4.04. The largest absolute Gasteiger partial charge is 0.481 e. The van der Waals surface area contributed by atoms with Crippen LogP contribution in [0.2, 0.25) is 0 Å². The lowest BCUT2D eigenvalue weighted by atomic mass is 9.89. The zero-order valence-corrected chi connectivity index (χ0v) is 17.6. The number of carbonyl (C=O) groups is 2. The van der Waals surface area contributed by atoms with E-state index in [9.17, 15) is 24.8 Å². The average molecular weight is 446 g/mol. The molecule has 0 saturated carbocycles. The summed E-state index contributed by atoms with van der Waals surface area (Å²) in [5.74, 6) is -3.05. The summed E-state index contributed by atoms with van der Waals surface area (Å²) in [6, 6.07) is 20.1. The number of benzene rings is 3. The molecule has 0 amide bonds. The second-order valence-corrected chi connectivity index (χ2v) is 7.95. The number of nitro groups is 1. The van der Waals surface area contributed by atoms with E-state index in [0.717, 1.165) is 22.3 Å². The molecule has 0 saturated heterocycles. The van der Waals surface area contributed by atoms with Gasteiger partial charge in [0.2, 0.25) is 0 Å². The molecule has 8 heteroatoms. The number of nitrogens with two attached hydrogens (primary N) is 1. The Morgan fingerprint density at radius 1 is 0.970 bits per heavy atom. The van der Waals surface area contributed by atoms with Gasteiger partial charge >= 0.3 is 11.9 Å². The predicted octanol–water partition coefficient (Wildman–Crippen LogP) is 3.84. The van der Waals surface area contributed by atoms with Crippen molar-refractivity contribution in [3.8, 4) is 11.1 Å². The van der Waals surface area contributed by atoms with Crippen molar-refractivity contribution in [3.05, 3.63) is 99.6 Å². The first kappa shape index (κ1) is 22.2. The molecule has 8 nitrogen and oxygen atoms in total. The molecule has 168 valence electrons. The maximum absolute atomic E-state index is 13.1. The van der Waals surface area contributed by atoms with Crippen LogP contribution < -0.4 is 5.73 Å². The van der Waals surface area contributed by atoms with E-state index >= 15 is 0 Å². The van der Waals surface area contributed by atoms with Crippen molar-refractivity contribution in [1.29, 1.82) is 0 Å². The number of carboxylic acid groups (broad SMARTS) is 1. The molecule has 0 fully saturated rings. The molecule has 3 aromatic carbocycles. The van der Waals surface area contributed by atoms with Gasteiger partial charge < -0.3 is 15.6 Å². The van der Waals surface area contributed by atoms with Gasteiger partial charge in [0.1, 0.15) is 6.61 Å². The van der Waals surface area contributed by atoms with E-state index in [1.165, 1.54) is 24.3 Å². The highest BCUT2D eigenvalue weighted by molar-refractivity contribution is 5.82. The Balaban J connectivity index is 1.58. The molecule has 0 aliphatic heterocycles. The third-order valence-electron chi connectivity index (χ3n) is 5.91. The first-order valence-electron chi connectivity index (χ1n) is 10.4. The van der Waals surface area contributed by atoms with Crippen LogP contribution in [0.3, 0.4) is 0 Å². The number of hydrogen-bond acceptors (Lipinski definition) is 6. The normalized spacial score (nSPS) is 14.1. The van der Waals surface area contributed by atoms with E-state index in [1.807, 2.05) is 48.5 Å². The first-order chi connectivity index (χ1) is 15.9. The fraction of sp³-hybridized carbons (Fsp3) is 0.200. The van der Waals surface area contributed by atoms with Gasteiger partial charge in [0.25, 0.3) is 5.69 Å². The number of non-ortho nitro benzene ring substituents is 1. The summed E-state index contributed by atoms with van der Waals surface area (Å²) in [4.78, 5) is 34.8. The molecule has 0 heterocycles. The zero-order chi connectivity index (χ0) is 23.5. The third-order valence-corrected chi connectivity index (χ3v) is 5.91. The highest BCUT2D eigenvalue weighted by Gasteiger charge is 2.34. The van der Waals surface area contributed by atoms with Crippen molar-refractivity contribution >= 4 is 17.6 Å². The van der Waals surface area contributed by atoms with Crippen LogP contribution >= 0.6 is 0 Å². The number of nitrogens with zero attached hydrogens (tertiary/aromatic N) is 1.